The first-order valence-corrected chi connectivity index (χ1v) is 7.24. The summed E-state index contributed by atoms with van der Waals surface area (Å²) in [6.07, 6.45) is 2.01. The molecule has 2 N–H and O–H groups in total. The Morgan fingerprint density at radius 3 is 2.85 bits per heavy atom. The van der Waals surface area contributed by atoms with Crippen molar-refractivity contribution >= 4 is 29.2 Å². The lowest BCUT2D eigenvalue weighted by Crippen LogP contribution is -2.49. The molecule has 0 aliphatic carbocycles. The van der Waals surface area contributed by atoms with Crippen LogP contribution in [0.25, 0.3) is 0 Å². The van der Waals surface area contributed by atoms with Gasteiger partial charge >= 0.3 is 5.97 Å². The van der Waals surface area contributed by atoms with Crippen LogP contribution in [0, 0.1) is 0 Å². The van der Waals surface area contributed by atoms with Crippen LogP contribution in [0.3, 0.4) is 0 Å². The molecule has 0 saturated carbocycles. The standard InChI is InChI=1S/C14H17Cl2NO3/c1-14(13(18)19,17-8-10-3-2-6-20-10)11-5-4-9(15)7-12(11)16/h4-5,7,10,17H,2-3,6,8H2,1H3,(H,18,19). The Balaban J connectivity index is 2.21. The number of carboxylic acids is 1. The SMILES string of the molecule is CC(NCC1CCCO1)(C(=O)O)c1ccc(Cl)cc1Cl. The van der Waals surface area contributed by atoms with Gasteiger partial charge in [0.15, 0.2) is 0 Å². The average molecular weight is 318 g/mol. The third-order valence-electron chi connectivity index (χ3n) is 3.60. The van der Waals surface area contributed by atoms with Crippen LogP contribution in [0.5, 0.6) is 0 Å². The Labute approximate surface area is 128 Å². The molecule has 1 aromatic rings. The van der Waals surface area contributed by atoms with Crippen LogP contribution < -0.4 is 5.32 Å². The highest BCUT2D eigenvalue weighted by Crippen LogP contribution is 2.31. The van der Waals surface area contributed by atoms with Crippen LogP contribution in [0.1, 0.15) is 25.3 Å². The predicted octanol–water partition coefficient (Wildman–Crippen LogP) is 3.06. The van der Waals surface area contributed by atoms with Crippen molar-refractivity contribution in [2.24, 2.45) is 0 Å². The van der Waals surface area contributed by atoms with Gasteiger partial charge in [-0.15, -0.1) is 0 Å². The van der Waals surface area contributed by atoms with Gasteiger partial charge < -0.3 is 9.84 Å². The number of ether oxygens (including phenoxy) is 1. The van der Waals surface area contributed by atoms with Gasteiger partial charge in [0, 0.05) is 28.8 Å². The number of nitrogens with one attached hydrogen (secondary N) is 1. The second-order valence-corrected chi connectivity index (χ2v) is 5.91. The zero-order valence-corrected chi connectivity index (χ0v) is 12.7. The van der Waals surface area contributed by atoms with Crippen molar-refractivity contribution in [1.82, 2.24) is 5.32 Å². The molecule has 0 amide bonds. The summed E-state index contributed by atoms with van der Waals surface area (Å²) in [5.74, 6) is -0.986. The Kier molecular flexibility index (Phi) is 4.91. The van der Waals surface area contributed by atoms with E-state index in [-0.39, 0.29) is 6.10 Å². The van der Waals surface area contributed by atoms with Crippen LogP contribution in [-0.2, 0) is 15.1 Å². The number of carbonyl (C=O) groups is 1. The van der Waals surface area contributed by atoms with Gasteiger partial charge in [0.1, 0.15) is 5.54 Å². The molecule has 0 bridgehead atoms. The fraction of sp³-hybridized carbons (Fsp3) is 0.500. The Morgan fingerprint density at radius 2 is 2.30 bits per heavy atom. The molecular weight excluding hydrogens is 301 g/mol. The molecule has 2 atom stereocenters. The van der Waals surface area contributed by atoms with Crippen LogP contribution in [0.15, 0.2) is 18.2 Å². The number of hydrogen-bond donors (Lipinski definition) is 2. The molecule has 1 aliphatic heterocycles. The van der Waals surface area contributed by atoms with Crippen LogP contribution in [0.4, 0.5) is 0 Å². The molecule has 4 nitrogen and oxygen atoms in total. The highest BCUT2D eigenvalue weighted by molar-refractivity contribution is 6.35. The maximum Gasteiger partial charge on any atom is 0.328 e. The molecule has 2 unspecified atom stereocenters. The maximum atomic E-state index is 11.7. The van der Waals surface area contributed by atoms with E-state index in [1.165, 1.54) is 0 Å². The molecular formula is C14H17Cl2NO3. The lowest BCUT2D eigenvalue weighted by atomic mass is 9.91. The minimum absolute atomic E-state index is 0.0553. The minimum Gasteiger partial charge on any atom is -0.480 e. The molecule has 20 heavy (non-hydrogen) atoms. The van der Waals surface area contributed by atoms with Gasteiger partial charge in [-0.2, -0.15) is 0 Å². The van der Waals surface area contributed by atoms with Crippen molar-refractivity contribution in [3.8, 4) is 0 Å². The highest BCUT2D eigenvalue weighted by atomic mass is 35.5. The first kappa shape index (κ1) is 15.6. The molecule has 0 spiro atoms. The second kappa shape index (κ2) is 6.31. The quantitative estimate of drug-likeness (QED) is 0.876. The van der Waals surface area contributed by atoms with Crippen LogP contribution >= 0.6 is 23.2 Å². The van der Waals surface area contributed by atoms with E-state index in [0.29, 0.717) is 22.2 Å². The highest BCUT2D eigenvalue weighted by Gasteiger charge is 2.37. The fourth-order valence-corrected chi connectivity index (χ4v) is 2.90. The summed E-state index contributed by atoms with van der Waals surface area (Å²) in [7, 11) is 0. The zero-order chi connectivity index (χ0) is 14.8. The number of carboxylic acid groups (broad SMARTS) is 1. The second-order valence-electron chi connectivity index (χ2n) is 5.07. The number of rotatable bonds is 5. The van der Waals surface area contributed by atoms with E-state index in [2.05, 4.69) is 5.32 Å². The molecule has 1 saturated heterocycles. The largest absolute Gasteiger partial charge is 0.480 e. The van der Waals surface area contributed by atoms with E-state index in [1.807, 2.05) is 0 Å². The molecule has 110 valence electrons. The summed E-state index contributed by atoms with van der Waals surface area (Å²) >= 11 is 12.0. The van der Waals surface area contributed by atoms with Crippen molar-refractivity contribution in [1.29, 1.82) is 0 Å². The summed E-state index contributed by atoms with van der Waals surface area (Å²) in [5, 5.41) is 13.4. The van der Waals surface area contributed by atoms with Gasteiger partial charge in [-0.3, -0.25) is 5.32 Å². The van der Waals surface area contributed by atoms with Gasteiger partial charge in [0.2, 0.25) is 0 Å². The van der Waals surface area contributed by atoms with E-state index in [9.17, 15) is 9.90 Å². The van der Waals surface area contributed by atoms with Crippen molar-refractivity contribution in [3.63, 3.8) is 0 Å². The Bertz CT molecular complexity index is 503. The van der Waals surface area contributed by atoms with Crippen molar-refractivity contribution < 1.29 is 14.6 Å². The zero-order valence-electron chi connectivity index (χ0n) is 11.2. The number of halogens is 2. The van der Waals surface area contributed by atoms with E-state index in [4.69, 9.17) is 27.9 Å². The van der Waals surface area contributed by atoms with E-state index >= 15 is 0 Å². The van der Waals surface area contributed by atoms with E-state index in [0.717, 1.165) is 19.4 Å². The van der Waals surface area contributed by atoms with Gasteiger partial charge in [-0.05, 0) is 31.9 Å². The molecule has 1 fully saturated rings. The van der Waals surface area contributed by atoms with Crippen molar-refractivity contribution in [3.05, 3.63) is 33.8 Å². The predicted molar refractivity (Wildman–Crippen MR) is 78.4 cm³/mol. The smallest absolute Gasteiger partial charge is 0.328 e. The minimum atomic E-state index is -1.27. The van der Waals surface area contributed by atoms with E-state index < -0.39 is 11.5 Å². The van der Waals surface area contributed by atoms with Crippen molar-refractivity contribution in [2.45, 2.75) is 31.4 Å². The number of aliphatic carboxylic acids is 1. The van der Waals surface area contributed by atoms with Gasteiger partial charge in [0.05, 0.1) is 6.10 Å². The summed E-state index contributed by atoms with van der Waals surface area (Å²) in [5.41, 5.74) is -0.776. The summed E-state index contributed by atoms with van der Waals surface area (Å²) < 4.78 is 5.50. The van der Waals surface area contributed by atoms with E-state index in [1.54, 1.807) is 25.1 Å². The topological polar surface area (TPSA) is 58.6 Å². The normalized spacial score (nSPS) is 21.6. The summed E-state index contributed by atoms with van der Waals surface area (Å²) in [4.78, 5) is 11.7. The number of hydrogen-bond acceptors (Lipinski definition) is 3. The summed E-state index contributed by atoms with van der Waals surface area (Å²) in [6, 6.07) is 4.83. The molecule has 1 heterocycles. The molecule has 2 rings (SSSR count). The lowest BCUT2D eigenvalue weighted by molar-refractivity contribution is -0.144. The monoisotopic (exact) mass is 317 g/mol. The fourth-order valence-electron chi connectivity index (χ4n) is 2.30. The summed E-state index contributed by atoms with van der Waals surface area (Å²) in [6.45, 7) is 2.80. The van der Waals surface area contributed by atoms with Crippen LogP contribution in [-0.4, -0.2) is 30.3 Å². The molecule has 6 heteroatoms. The van der Waals surface area contributed by atoms with Gasteiger partial charge in [0.25, 0.3) is 0 Å². The lowest BCUT2D eigenvalue weighted by Gasteiger charge is -2.29. The molecule has 1 aliphatic rings. The van der Waals surface area contributed by atoms with Gasteiger partial charge in [-0.1, -0.05) is 29.3 Å². The first-order chi connectivity index (χ1) is 9.43. The molecule has 0 radical (unpaired) electrons. The molecule has 1 aromatic carbocycles. The third-order valence-corrected chi connectivity index (χ3v) is 4.15. The average Bonchev–Trinajstić information content (AvgIpc) is 2.88. The van der Waals surface area contributed by atoms with Gasteiger partial charge in [-0.25, -0.2) is 4.79 Å². The Hall–Kier alpha value is -0.810. The maximum absolute atomic E-state index is 11.7. The molecule has 0 aromatic heterocycles. The van der Waals surface area contributed by atoms with Crippen LogP contribution in [0.2, 0.25) is 10.0 Å². The van der Waals surface area contributed by atoms with Crippen molar-refractivity contribution in [2.75, 3.05) is 13.2 Å². The third kappa shape index (κ3) is 3.26. The first-order valence-electron chi connectivity index (χ1n) is 6.49. The Morgan fingerprint density at radius 1 is 1.55 bits per heavy atom. The number of benzene rings is 1.